The predicted octanol–water partition coefficient (Wildman–Crippen LogP) is 2.31. The van der Waals surface area contributed by atoms with Crippen molar-refractivity contribution < 1.29 is 24.2 Å². The average molecular weight is 368 g/mol. The fourth-order valence-electron chi connectivity index (χ4n) is 2.37. The first kappa shape index (κ1) is 20.0. The number of carboxylic acids is 1. The van der Waals surface area contributed by atoms with E-state index in [9.17, 15) is 14.7 Å². The van der Waals surface area contributed by atoms with Gasteiger partial charge in [0.15, 0.2) is 11.5 Å². The Bertz CT molecular complexity index is 840. The van der Waals surface area contributed by atoms with E-state index < -0.39 is 11.9 Å². The number of ether oxygens (including phenoxy) is 2. The van der Waals surface area contributed by atoms with Crippen LogP contribution in [0.2, 0.25) is 0 Å². The van der Waals surface area contributed by atoms with Crippen LogP contribution < -0.4 is 19.9 Å². The molecular formula is C21H22NO5-. The van der Waals surface area contributed by atoms with Crippen molar-refractivity contribution in [2.45, 2.75) is 20.8 Å². The van der Waals surface area contributed by atoms with Gasteiger partial charge in [-0.2, -0.15) is 0 Å². The minimum Gasteiger partial charge on any atom is -0.543 e. The maximum atomic E-state index is 12.3. The van der Waals surface area contributed by atoms with Crippen LogP contribution in [0.5, 0.6) is 11.5 Å². The zero-order chi connectivity index (χ0) is 19.8. The average Bonchev–Trinajstić information content (AvgIpc) is 2.64. The molecule has 0 atom stereocenters. The highest BCUT2D eigenvalue weighted by Gasteiger charge is 2.10. The van der Waals surface area contributed by atoms with Crippen LogP contribution in [-0.2, 0) is 4.79 Å². The van der Waals surface area contributed by atoms with Crippen LogP contribution in [0.15, 0.2) is 48.2 Å². The summed E-state index contributed by atoms with van der Waals surface area (Å²) in [5, 5.41) is 13.8. The molecule has 0 radical (unpaired) electrons. The van der Waals surface area contributed by atoms with E-state index in [0.29, 0.717) is 35.8 Å². The van der Waals surface area contributed by atoms with E-state index in [0.717, 1.165) is 5.56 Å². The van der Waals surface area contributed by atoms with Crippen LogP contribution in [0, 0.1) is 6.92 Å². The van der Waals surface area contributed by atoms with E-state index >= 15 is 0 Å². The van der Waals surface area contributed by atoms with Gasteiger partial charge in [0.1, 0.15) is 0 Å². The standard InChI is InChI=1S/C21H23NO5/c1-4-26-18-11-8-15(13-19(18)27-5-2)12-17(21(24)25)22-20(23)16-9-6-14(3)7-10-16/h6-13H,4-5H2,1-3H3,(H,22,23)(H,24,25)/p-1/b17-12-. The molecule has 0 bridgehead atoms. The molecule has 0 heterocycles. The van der Waals surface area contributed by atoms with Gasteiger partial charge in [0.2, 0.25) is 0 Å². The monoisotopic (exact) mass is 368 g/mol. The summed E-state index contributed by atoms with van der Waals surface area (Å²) in [6, 6.07) is 11.8. The van der Waals surface area contributed by atoms with Crippen LogP contribution in [0.4, 0.5) is 0 Å². The first-order chi connectivity index (χ1) is 12.9. The zero-order valence-corrected chi connectivity index (χ0v) is 15.6. The first-order valence-electron chi connectivity index (χ1n) is 8.65. The van der Waals surface area contributed by atoms with Gasteiger partial charge < -0.3 is 24.7 Å². The lowest BCUT2D eigenvalue weighted by molar-refractivity contribution is -0.299. The van der Waals surface area contributed by atoms with Crippen molar-refractivity contribution in [1.29, 1.82) is 0 Å². The van der Waals surface area contributed by atoms with Gasteiger partial charge in [-0.15, -0.1) is 0 Å². The Kier molecular flexibility index (Phi) is 7.00. The smallest absolute Gasteiger partial charge is 0.255 e. The minimum atomic E-state index is -1.48. The van der Waals surface area contributed by atoms with Gasteiger partial charge in [0.25, 0.3) is 5.91 Å². The highest BCUT2D eigenvalue weighted by molar-refractivity contribution is 6.02. The molecule has 0 aromatic heterocycles. The van der Waals surface area contributed by atoms with Crippen molar-refractivity contribution in [2.24, 2.45) is 0 Å². The molecule has 6 heteroatoms. The third kappa shape index (κ3) is 5.60. The zero-order valence-electron chi connectivity index (χ0n) is 15.6. The molecule has 27 heavy (non-hydrogen) atoms. The van der Waals surface area contributed by atoms with Crippen molar-refractivity contribution in [1.82, 2.24) is 5.32 Å². The second-order valence-corrected chi connectivity index (χ2v) is 5.74. The number of rotatable bonds is 8. The lowest BCUT2D eigenvalue weighted by Gasteiger charge is -2.13. The summed E-state index contributed by atoms with van der Waals surface area (Å²) >= 11 is 0. The number of carboxylic acid groups (broad SMARTS) is 1. The molecule has 6 nitrogen and oxygen atoms in total. The lowest BCUT2D eigenvalue weighted by Crippen LogP contribution is -2.35. The summed E-state index contributed by atoms with van der Waals surface area (Å²) in [5.41, 5.74) is 1.55. The maximum absolute atomic E-state index is 12.3. The van der Waals surface area contributed by atoms with Gasteiger partial charge in [-0.25, -0.2) is 0 Å². The third-order valence-corrected chi connectivity index (χ3v) is 3.66. The first-order valence-corrected chi connectivity index (χ1v) is 8.65. The Hall–Kier alpha value is -3.28. The van der Waals surface area contributed by atoms with Gasteiger partial charge in [0.05, 0.1) is 24.9 Å². The van der Waals surface area contributed by atoms with E-state index in [1.807, 2.05) is 20.8 Å². The second-order valence-electron chi connectivity index (χ2n) is 5.74. The molecule has 1 N–H and O–H groups in total. The highest BCUT2D eigenvalue weighted by atomic mass is 16.5. The Morgan fingerprint density at radius 1 is 1.00 bits per heavy atom. The molecule has 0 aliphatic carbocycles. The summed E-state index contributed by atoms with van der Waals surface area (Å²) in [4.78, 5) is 23.7. The summed E-state index contributed by atoms with van der Waals surface area (Å²) in [6.07, 6.45) is 1.32. The normalized spacial score (nSPS) is 11.0. The number of hydrogen-bond donors (Lipinski definition) is 1. The molecule has 0 aliphatic heterocycles. The van der Waals surface area contributed by atoms with E-state index in [2.05, 4.69) is 5.32 Å². The van der Waals surface area contributed by atoms with Gasteiger partial charge >= 0.3 is 0 Å². The van der Waals surface area contributed by atoms with Crippen LogP contribution in [0.3, 0.4) is 0 Å². The molecule has 0 spiro atoms. The fraction of sp³-hybridized carbons (Fsp3) is 0.238. The molecule has 142 valence electrons. The molecule has 1 amide bonds. The number of amides is 1. The van der Waals surface area contributed by atoms with Gasteiger partial charge in [-0.1, -0.05) is 23.8 Å². The molecule has 0 saturated heterocycles. The highest BCUT2D eigenvalue weighted by Crippen LogP contribution is 2.29. The number of carbonyl (C=O) groups is 2. The molecular weight excluding hydrogens is 346 g/mol. The second kappa shape index (κ2) is 9.43. The van der Waals surface area contributed by atoms with Gasteiger partial charge in [-0.05, 0) is 56.7 Å². The Labute approximate surface area is 158 Å². The lowest BCUT2D eigenvalue weighted by atomic mass is 10.1. The fourth-order valence-corrected chi connectivity index (χ4v) is 2.37. The van der Waals surface area contributed by atoms with E-state index in [4.69, 9.17) is 9.47 Å². The molecule has 2 aromatic carbocycles. The number of benzene rings is 2. The van der Waals surface area contributed by atoms with Gasteiger partial charge in [0, 0.05) is 5.56 Å². The quantitative estimate of drug-likeness (QED) is 0.723. The Morgan fingerprint density at radius 3 is 2.22 bits per heavy atom. The van der Waals surface area contributed by atoms with Crippen LogP contribution >= 0.6 is 0 Å². The molecule has 0 saturated carbocycles. The number of nitrogens with one attached hydrogen (secondary N) is 1. The SMILES string of the molecule is CCOc1ccc(/C=C(\NC(=O)c2ccc(C)cc2)C(=O)[O-])cc1OCC. The van der Waals surface area contributed by atoms with E-state index in [1.54, 1.807) is 42.5 Å². The van der Waals surface area contributed by atoms with E-state index in [1.165, 1.54) is 6.08 Å². The molecule has 2 rings (SSSR count). The molecule has 0 fully saturated rings. The molecule has 0 aliphatic rings. The number of hydrogen-bond acceptors (Lipinski definition) is 5. The van der Waals surface area contributed by atoms with Crippen molar-refractivity contribution in [3.8, 4) is 11.5 Å². The minimum absolute atomic E-state index is 0.341. The number of aryl methyl sites for hydroxylation is 1. The third-order valence-electron chi connectivity index (χ3n) is 3.66. The molecule has 0 unspecified atom stereocenters. The summed E-state index contributed by atoms with van der Waals surface area (Å²) in [7, 11) is 0. The van der Waals surface area contributed by atoms with Crippen LogP contribution in [0.25, 0.3) is 6.08 Å². The van der Waals surface area contributed by atoms with Crippen molar-refractivity contribution in [2.75, 3.05) is 13.2 Å². The van der Waals surface area contributed by atoms with Crippen molar-refractivity contribution in [3.05, 3.63) is 64.9 Å². The molecule has 2 aromatic rings. The van der Waals surface area contributed by atoms with Crippen molar-refractivity contribution >= 4 is 18.0 Å². The largest absolute Gasteiger partial charge is 0.543 e. The number of aliphatic carboxylic acids is 1. The number of carbonyl (C=O) groups excluding carboxylic acids is 2. The van der Waals surface area contributed by atoms with Crippen LogP contribution in [-0.4, -0.2) is 25.1 Å². The summed E-state index contributed by atoms with van der Waals surface area (Å²) < 4.78 is 11.0. The Balaban J connectivity index is 2.28. The predicted molar refractivity (Wildman–Crippen MR) is 100 cm³/mol. The summed E-state index contributed by atoms with van der Waals surface area (Å²) in [6.45, 7) is 6.51. The van der Waals surface area contributed by atoms with Crippen LogP contribution in [0.1, 0.15) is 35.3 Å². The topological polar surface area (TPSA) is 87.7 Å². The van der Waals surface area contributed by atoms with Crippen molar-refractivity contribution in [3.63, 3.8) is 0 Å². The maximum Gasteiger partial charge on any atom is 0.255 e. The van der Waals surface area contributed by atoms with E-state index in [-0.39, 0.29) is 5.70 Å². The Morgan fingerprint density at radius 2 is 1.63 bits per heavy atom. The van der Waals surface area contributed by atoms with Gasteiger partial charge in [-0.3, -0.25) is 4.79 Å². The summed E-state index contributed by atoms with van der Waals surface area (Å²) in [5.74, 6) is -0.949.